The van der Waals surface area contributed by atoms with Gasteiger partial charge in [-0.1, -0.05) is 29.3 Å². The lowest BCUT2D eigenvalue weighted by Crippen LogP contribution is -2.41. The Labute approximate surface area is 163 Å². The number of carbonyl (C=O) groups is 3. The molecule has 0 radical (unpaired) electrons. The van der Waals surface area contributed by atoms with Crippen molar-refractivity contribution in [1.29, 1.82) is 0 Å². The van der Waals surface area contributed by atoms with Gasteiger partial charge in [0.1, 0.15) is 12.5 Å². The van der Waals surface area contributed by atoms with E-state index in [0.29, 0.717) is 27.8 Å². The molecular weight excluding hydrogens is 408 g/mol. The van der Waals surface area contributed by atoms with Crippen LogP contribution in [0.3, 0.4) is 0 Å². The number of hydrogen-bond donors (Lipinski definition) is 1. The van der Waals surface area contributed by atoms with Gasteiger partial charge in [-0.2, -0.15) is 13.2 Å². The molecule has 2 amide bonds. The van der Waals surface area contributed by atoms with Crippen molar-refractivity contribution in [3.8, 4) is 0 Å². The molecule has 148 valence electrons. The van der Waals surface area contributed by atoms with Crippen molar-refractivity contribution in [2.75, 3.05) is 13.1 Å². The van der Waals surface area contributed by atoms with Crippen LogP contribution in [-0.2, 0) is 20.8 Å². The number of benzene rings is 1. The first-order valence-electron chi connectivity index (χ1n) is 8.12. The summed E-state index contributed by atoms with van der Waals surface area (Å²) in [5.41, 5.74) is 0.897. The van der Waals surface area contributed by atoms with E-state index in [0.717, 1.165) is 5.56 Å². The number of hydrogen-bond acceptors (Lipinski definition) is 3. The first-order chi connectivity index (χ1) is 12.5. The highest BCUT2D eigenvalue weighted by Gasteiger charge is 2.46. The summed E-state index contributed by atoms with van der Waals surface area (Å²) < 4.78 is 37.3. The molecule has 1 aliphatic heterocycles. The van der Waals surface area contributed by atoms with Crippen molar-refractivity contribution in [3.05, 3.63) is 33.8 Å². The van der Waals surface area contributed by atoms with E-state index in [9.17, 15) is 27.6 Å². The predicted molar refractivity (Wildman–Crippen MR) is 93.5 cm³/mol. The van der Waals surface area contributed by atoms with Gasteiger partial charge in [-0.15, -0.1) is 0 Å². The van der Waals surface area contributed by atoms with E-state index >= 15 is 0 Å². The van der Waals surface area contributed by atoms with Gasteiger partial charge in [0.15, 0.2) is 0 Å². The number of nitrogens with zero attached hydrogens (tertiary/aromatic N) is 1. The summed E-state index contributed by atoms with van der Waals surface area (Å²) >= 11 is 11.8. The van der Waals surface area contributed by atoms with Crippen LogP contribution in [0.25, 0.3) is 0 Å². The third-order valence-electron chi connectivity index (χ3n) is 4.14. The number of ketones is 1. The lowest BCUT2D eigenvalue weighted by atomic mass is 10.0. The van der Waals surface area contributed by atoms with Crippen LogP contribution in [0.2, 0.25) is 10.0 Å². The molecule has 1 aromatic carbocycles. The maximum Gasteiger partial charge on any atom is 0.406 e. The first kappa shape index (κ1) is 21.5. The molecule has 0 saturated carbocycles. The molecule has 27 heavy (non-hydrogen) atoms. The molecule has 1 aromatic rings. The van der Waals surface area contributed by atoms with Gasteiger partial charge in [-0.3, -0.25) is 14.4 Å². The number of Topliss-reactive ketones (excluding diaryl/α,β-unsaturated/α-hetero) is 1. The second-order valence-electron chi connectivity index (χ2n) is 6.41. The minimum absolute atomic E-state index is 0.354. The summed E-state index contributed by atoms with van der Waals surface area (Å²) in [5, 5.41) is 3.41. The van der Waals surface area contributed by atoms with E-state index in [2.05, 4.69) is 5.32 Å². The van der Waals surface area contributed by atoms with Gasteiger partial charge in [0.2, 0.25) is 11.7 Å². The first-order valence-corrected chi connectivity index (χ1v) is 8.87. The summed E-state index contributed by atoms with van der Waals surface area (Å²) in [6, 6.07) is 4.79. The van der Waals surface area contributed by atoms with E-state index in [1.54, 1.807) is 25.1 Å². The molecule has 2 rings (SSSR count). The number of carbonyl (C=O) groups excluding carboxylic acids is 3. The fourth-order valence-electron chi connectivity index (χ4n) is 2.74. The van der Waals surface area contributed by atoms with Crippen LogP contribution in [-0.4, -0.2) is 47.8 Å². The Bertz CT molecular complexity index is 755. The SMILES string of the molecule is CC(CCc1ccc(Cl)c(Cl)c1)NC(=O)C1CN(CC(F)(F)F)C(=O)C1=O. The Morgan fingerprint density at radius 2 is 1.96 bits per heavy atom. The third-order valence-corrected chi connectivity index (χ3v) is 4.88. The third kappa shape index (κ3) is 5.84. The van der Waals surface area contributed by atoms with Crippen LogP contribution >= 0.6 is 23.2 Å². The molecule has 1 aliphatic rings. The Morgan fingerprint density at radius 3 is 2.56 bits per heavy atom. The maximum absolute atomic E-state index is 12.4. The average Bonchev–Trinajstić information content (AvgIpc) is 2.83. The lowest BCUT2D eigenvalue weighted by Gasteiger charge is -2.18. The lowest BCUT2D eigenvalue weighted by molar-refractivity contribution is -0.159. The van der Waals surface area contributed by atoms with Crippen LogP contribution in [0.15, 0.2) is 18.2 Å². The largest absolute Gasteiger partial charge is 0.406 e. The average molecular weight is 425 g/mol. The number of amides is 2. The van der Waals surface area contributed by atoms with E-state index in [-0.39, 0.29) is 6.04 Å². The Balaban J connectivity index is 1.89. The normalized spacial score (nSPS) is 18.7. The minimum Gasteiger partial charge on any atom is -0.353 e. The second-order valence-corrected chi connectivity index (χ2v) is 7.23. The molecule has 0 aliphatic carbocycles. The molecule has 10 heteroatoms. The van der Waals surface area contributed by atoms with Gasteiger partial charge >= 0.3 is 6.18 Å². The molecule has 1 N–H and O–H groups in total. The highest BCUT2D eigenvalue weighted by molar-refractivity contribution is 6.42. The molecule has 2 atom stereocenters. The number of aryl methyl sites for hydroxylation is 1. The predicted octanol–water partition coefficient (Wildman–Crippen LogP) is 3.02. The zero-order valence-corrected chi connectivity index (χ0v) is 15.8. The smallest absolute Gasteiger partial charge is 0.353 e. The van der Waals surface area contributed by atoms with Crippen molar-refractivity contribution >= 4 is 40.8 Å². The van der Waals surface area contributed by atoms with E-state index in [1.807, 2.05) is 0 Å². The van der Waals surface area contributed by atoms with Gasteiger partial charge in [0.05, 0.1) is 10.0 Å². The number of nitrogens with one attached hydrogen (secondary N) is 1. The van der Waals surface area contributed by atoms with Crippen molar-refractivity contribution in [3.63, 3.8) is 0 Å². The van der Waals surface area contributed by atoms with Crippen molar-refractivity contribution < 1.29 is 27.6 Å². The molecule has 0 spiro atoms. The zero-order chi connectivity index (χ0) is 20.4. The van der Waals surface area contributed by atoms with Crippen LogP contribution < -0.4 is 5.32 Å². The Morgan fingerprint density at radius 1 is 1.30 bits per heavy atom. The fraction of sp³-hybridized carbons (Fsp3) is 0.471. The van der Waals surface area contributed by atoms with Crippen LogP contribution in [0.5, 0.6) is 0 Å². The maximum atomic E-state index is 12.4. The van der Waals surface area contributed by atoms with Gasteiger partial charge in [0, 0.05) is 12.6 Å². The number of likely N-dealkylation sites (tertiary alicyclic amines) is 1. The standard InChI is InChI=1S/C17H17Cl2F3N2O3/c1-9(2-3-10-4-5-12(18)13(19)6-10)23-15(26)11-7-24(8-17(20,21)22)16(27)14(11)25/h4-6,9,11H,2-3,7-8H2,1H3,(H,23,26). The van der Waals surface area contributed by atoms with E-state index in [4.69, 9.17) is 23.2 Å². The zero-order valence-electron chi connectivity index (χ0n) is 14.3. The molecule has 1 fully saturated rings. The van der Waals surface area contributed by atoms with E-state index in [1.165, 1.54) is 0 Å². The molecule has 0 bridgehead atoms. The summed E-state index contributed by atoms with van der Waals surface area (Å²) in [6.07, 6.45) is -3.56. The quantitative estimate of drug-likeness (QED) is 0.563. The fourth-order valence-corrected chi connectivity index (χ4v) is 3.06. The summed E-state index contributed by atoms with van der Waals surface area (Å²) in [6.45, 7) is -0.416. The molecular formula is C17H17Cl2F3N2O3. The highest BCUT2D eigenvalue weighted by Crippen LogP contribution is 2.24. The van der Waals surface area contributed by atoms with Crippen LogP contribution in [0, 0.1) is 5.92 Å². The second kappa shape index (κ2) is 8.48. The van der Waals surface area contributed by atoms with Gasteiger partial charge in [-0.25, -0.2) is 0 Å². The van der Waals surface area contributed by atoms with E-state index < -0.39 is 42.8 Å². The van der Waals surface area contributed by atoms with Gasteiger partial charge < -0.3 is 10.2 Å². The minimum atomic E-state index is -4.63. The number of rotatable bonds is 6. The molecule has 5 nitrogen and oxygen atoms in total. The number of halogens is 5. The molecule has 2 unspecified atom stereocenters. The van der Waals surface area contributed by atoms with Crippen LogP contribution in [0.4, 0.5) is 13.2 Å². The van der Waals surface area contributed by atoms with Crippen molar-refractivity contribution in [2.24, 2.45) is 5.92 Å². The monoisotopic (exact) mass is 424 g/mol. The van der Waals surface area contributed by atoms with Gasteiger partial charge in [-0.05, 0) is 37.5 Å². The Hall–Kier alpha value is -1.80. The topological polar surface area (TPSA) is 66.5 Å². The summed E-state index contributed by atoms with van der Waals surface area (Å²) in [4.78, 5) is 36.0. The van der Waals surface area contributed by atoms with Gasteiger partial charge in [0.25, 0.3) is 5.91 Å². The van der Waals surface area contributed by atoms with Crippen molar-refractivity contribution in [2.45, 2.75) is 32.0 Å². The van der Waals surface area contributed by atoms with Crippen LogP contribution in [0.1, 0.15) is 18.9 Å². The van der Waals surface area contributed by atoms with Crippen molar-refractivity contribution in [1.82, 2.24) is 10.2 Å². The summed E-state index contributed by atoms with van der Waals surface area (Å²) in [7, 11) is 0. The Kier molecular flexibility index (Phi) is 6.75. The number of alkyl halides is 3. The molecule has 1 saturated heterocycles. The molecule has 1 heterocycles. The highest BCUT2D eigenvalue weighted by atomic mass is 35.5. The summed E-state index contributed by atoms with van der Waals surface area (Å²) in [5.74, 6) is -4.57. The molecule has 0 aromatic heterocycles.